The van der Waals surface area contributed by atoms with E-state index >= 15 is 0 Å². The van der Waals surface area contributed by atoms with Crippen LogP contribution in [0.4, 0.5) is 17.3 Å². The van der Waals surface area contributed by atoms with Crippen LogP contribution in [0.3, 0.4) is 0 Å². The van der Waals surface area contributed by atoms with Crippen LogP contribution in [-0.4, -0.2) is 70.6 Å². The fourth-order valence-corrected chi connectivity index (χ4v) is 7.12. The van der Waals surface area contributed by atoms with Crippen molar-refractivity contribution >= 4 is 29.1 Å². The highest BCUT2D eigenvalue weighted by atomic mass is 16.7. The second-order valence-electron chi connectivity index (χ2n) is 14.3. The van der Waals surface area contributed by atoms with Crippen LogP contribution in [-0.2, 0) is 32.2 Å². The largest absolute Gasteiger partial charge is 0.397 e. The summed E-state index contributed by atoms with van der Waals surface area (Å²) in [6.07, 6.45) is 4.44. The number of benzene rings is 4. The number of aliphatic hydroxyl groups is 1. The zero-order valence-corrected chi connectivity index (χ0v) is 31.4. The first-order valence-electron chi connectivity index (χ1n) is 19.3. The third kappa shape index (κ3) is 10.3. The molecule has 0 unspecified atom stereocenters. The quantitative estimate of drug-likeness (QED) is 0.0991. The number of piperazine rings is 1. The van der Waals surface area contributed by atoms with Gasteiger partial charge in [-0.05, 0) is 58.5 Å². The summed E-state index contributed by atoms with van der Waals surface area (Å²) in [5.41, 5.74) is 12.9. The van der Waals surface area contributed by atoms with Crippen molar-refractivity contribution in [2.24, 2.45) is 0 Å². The van der Waals surface area contributed by atoms with Crippen LogP contribution in [0.15, 0.2) is 116 Å². The third-order valence-corrected chi connectivity index (χ3v) is 10.3. The van der Waals surface area contributed by atoms with Crippen molar-refractivity contribution in [3.8, 4) is 11.1 Å². The van der Waals surface area contributed by atoms with Crippen LogP contribution < -0.4 is 21.3 Å². The number of rotatable bonds is 14. The summed E-state index contributed by atoms with van der Waals surface area (Å²) in [5, 5.41) is 15.4. The molecule has 2 amide bonds. The Morgan fingerprint density at radius 1 is 0.768 bits per heavy atom. The van der Waals surface area contributed by atoms with Crippen molar-refractivity contribution in [1.82, 2.24) is 20.2 Å². The number of nitrogen functional groups attached to an aromatic ring is 1. The molecule has 1 aromatic heterocycles. The lowest BCUT2D eigenvalue weighted by Gasteiger charge is -2.40. The molecule has 5 aromatic rings. The third-order valence-electron chi connectivity index (χ3n) is 10.3. The number of nitrogens with two attached hydrogens (primary N) is 1. The van der Waals surface area contributed by atoms with E-state index in [-0.39, 0.29) is 43.5 Å². The van der Waals surface area contributed by atoms with Gasteiger partial charge in [0.25, 0.3) is 0 Å². The topological polar surface area (TPSA) is 155 Å². The van der Waals surface area contributed by atoms with Crippen molar-refractivity contribution in [2.45, 2.75) is 57.3 Å². The predicted octanol–water partition coefficient (Wildman–Crippen LogP) is 6.01. The van der Waals surface area contributed by atoms with Gasteiger partial charge >= 0.3 is 0 Å². The molecule has 56 heavy (non-hydrogen) atoms. The Morgan fingerprint density at radius 3 is 2.25 bits per heavy atom. The molecular weight excluding hydrogens is 707 g/mol. The normalized spacial score (nSPS) is 18.7. The number of carbonyl (C=O) groups is 2. The van der Waals surface area contributed by atoms with Crippen molar-refractivity contribution in [3.63, 3.8) is 0 Å². The zero-order valence-electron chi connectivity index (χ0n) is 31.4. The number of hydrogen-bond donors (Lipinski definition) is 4. The Hall–Kier alpha value is -5.66. The second kappa shape index (κ2) is 18.8. The van der Waals surface area contributed by atoms with Crippen LogP contribution in [0.1, 0.15) is 60.3 Å². The van der Waals surface area contributed by atoms with Crippen LogP contribution in [0, 0.1) is 0 Å². The fourth-order valence-electron chi connectivity index (χ4n) is 7.12. The van der Waals surface area contributed by atoms with Crippen LogP contribution in [0.25, 0.3) is 11.1 Å². The molecule has 12 heteroatoms. The van der Waals surface area contributed by atoms with Gasteiger partial charge in [-0.15, -0.1) is 0 Å². The van der Waals surface area contributed by atoms with Gasteiger partial charge in [0.05, 0.1) is 30.2 Å². The van der Waals surface area contributed by atoms with Crippen LogP contribution in [0.2, 0.25) is 0 Å². The van der Waals surface area contributed by atoms with E-state index in [9.17, 15) is 14.7 Å². The molecule has 0 spiro atoms. The van der Waals surface area contributed by atoms with Crippen molar-refractivity contribution < 1.29 is 24.2 Å². The summed E-state index contributed by atoms with van der Waals surface area (Å²) >= 11 is 0. The van der Waals surface area contributed by atoms with Gasteiger partial charge in [-0.25, -0.2) is 9.97 Å². The lowest BCUT2D eigenvalue weighted by molar-refractivity contribution is -0.253. The molecule has 7 rings (SSSR count). The van der Waals surface area contributed by atoms with Gasteiger partial charge in [0, 0.05) is 76.5 Å². The molecule has 0 aliphatic carbocycles. The van der Waals surface area contributed by atoms with E-state index in [2.05, 4.69) is 66.8 Å². The number of amides is 2. The summed E-state index contributed by atoms with van der Waals surface area (Å²) in [7, 11) is 0. The Bertz CT molecular complexity index is 2040. The molecule has 290 valence electrons. The minimum absolute atomic E-state index is 0.00194. The summed E-state index contributed by atoms with van der Waals surface area (Å²) < 4.78 is 13.3. The lowest BCUT2D eigenvalue weighted by Crippen LogP contribution is -2.50. The van der Waals surface area contributed by atoms with E-state index in [1.54, 1.807) is 24.5 Å². The molecule has 3 atom stereocenters. The van der Waals surface area contributed by atoms with Crippen molar-refractivity contribution in [2.75, 3.05) is 48.7 Å². The minimum Gasteiger partial charge on any atom is -0.397 e. The number of nitrogens with one attached hydrogen (secondary N) is 2. The van der Waals surface area contributed by atoms with Gasteiger partial charge in [0.15, 0.2) is 6.29 Å². The fraction of sp³-hybridized carbons (Fsp3) is 0.318. The Kier molecular flexibility index (Phi) is 13.0. The van der Waals surface area contributed by atoms with Gasteiger partial charge in [0.2, 0.25) is 17.8 Å². The monoisotopic (exact) mass is 755 g/mol. The summed E-state index contributed by atoms with van der Waals surface area (Å²) in [6.45, 7) is 4.65. The minimum atomic E-state index is -0.548. The van der Waals surface area contributed by atoms with Crippen LogP contribution in [0.5, 0.6) is 0 Å². The van der Waals surface area contributed by atoms with Crippen molar-refractivity contribution in [3.05, 3.63) is 138 Å². The number of hydrogen-bond acceptors (Lipinski definition) is 10. The Balaban J connectivity index is 0.942. The highest BCUT2D eigenvalue weighted by Gasteiger charge is 2.34. The number of nitrogens with zero attached hydrogens (tertiary/aromatic N) is 4. The lowest BCUT2D eigenvalue weighted by atomic mass is 9.98. The molecule has 2 aliphatic heterocycles. The van der Waals surface area contributed by atoms with E-state index in [0.29, 0.717) is 24.3 Å². The maximum atomic E-state index is 12.6. The number of aromatic nitrogens is 2. The smallest absolute Gasteiger partial charge is 0.225 e. The van der Waals surface area contributed by atoms with Gasteiger partial charge in [-0.1, -0.05) is 78.9 Å². The second-order valence-corrected chi connectivity index (χ2v) is 14.3. The van der Waals surface area contributed by atoms with E-state index in [1.807, 2.05) is 54.6 Å². The molecular formula is C44H49N7O5. The zero-order chi connectivity index (χ0) is 38.7. The van der Waals surface area contributed by atoms with Crippen molar-refractivity contribution in [1.29, 1.82) is 0 Å². The van der Waals surface area contributed by atoms with E-state index < -0.39 is 6.29 Å². The van der Waals surface area contributed by atoms with E-state index in [4.69, 9.17) is 15.2 Å². The molecule has 0 bridgehead atoms. The molecule has 12 nitrogen and oxygen atoms in total. The number of aliphatic hydroxyl groups excluding tert-OH is 1. The summed E-state index contributed by atoms with van der Waals surface area (Å²) in [6, 6.07) is 33.3. The molecule has 2 aliphatic rings. The van der Waals surface area contributed by atoms with Crippen LogP contribution >= 0.6 is 0 Å². The first-order valence-corrected chi connectivity index (χ1v) is 19.3. The summed E-state index contributed by atoms with van der Waals surface area (Å²) in [5.74, 6) is 0.488. The van der Waals surface area contributed by atoms with E-state index in [0.717, 1.165) is 78.5 Å². The first kappa shape index (κ1) is 38.6. The Morgan fingerprint density at radius 2 is 1.50 bits per heavy atom. The first-order chi connectivity index (χ1) is 27.4. The highest BCUT2D eigenvalue weighted by molar-refractivity contribution is 5.94. The Labute approximate surface area is 327 Å². The van der Waals surface area contributed by atoms with E-state index in [1.165, 1.54) is 0 Å². The maximum absolute atomic E-state index is 12.6. The molecule has 2 saturated heterocycles. The summed E-state index contributed by atoms with van der Waals surface area (Å²) in [4.78, 5) is 38.4. The highest BCUT2D eigenvalue weighted by Crippen LogP contribution is 2.39. The van der Waals surface area contributed by atoms with Gasteiger partial charge in [0.1, 0.15) is 0 Å². The molecule has 3 heterocycles. The number of carbonyl (C=O) groups excluding carboxylic acids is 2. The molecule has 5 N–H and O–H groups in total. The number of ether oxygens (including phenoxy) is 2. The van der Waals surface area contributed by atoms with Gasteiger partial charge in [-0.2, -0.15) is 0 Å². The van der Waals surface area contributed by atoms with Gasteiger partial charge < -0.3 is 35.8 Å². The van der Waals surface area contributed by atoms with Gasteiger partial charge in [-0.3, -0.25) is 14.5 Å². The standard InChI is InChI=1S/C44H49N7O5/c45-38-8-1-2-9-39(38)49-42(54)11-4-10-41(53)48-28-32-6-3-7-36(26-32)33-16-18-35(19-17-33)43-55-37(27-40(56-43)34-14-12-31(30-52)13-15-34)29-50-22-24-51(25-23-50)44-46-20-5-21-47-44/h1-3,5-9,12-21,26,37,40,43,52H,4,10-11,22-25,27-30,45H2,(H,48,53)(H,49,54)/t37-,40+,43+/m0/s1. The number of anilines is 3. The average molecular weight is 756 g/mol. The molecule has 0 saturated carbocycles. The SMILES string of the molecule is Nc1ccccc1NC(=O)CCCC(=O)NCc1cccc(-c2ccc([C@@H]3O[C@H](CN4CCN(c5ncccn5)CC4)C[C@H](c4ccc(CO)cc4)O3)cc2)c1. The molecule has 0 radical (unpaired) electrons. The average Bonchev–Trinajstić information content (AvgIpc) is 3.24. The number of para-hydroxylation sites is 2. The maximum Gasteiger partial charge on any atom is 0.225 e. The molecule has 4 aromatic carbocycles. The molecule has 2 fully saturated rings. The predicted molar refractivity (Wildman–Crippen MR) is 216 cm³/mol.